The van der Waals surface area contributed by atoms with Crippen LogP contribution < -0.4 is 15.7 Å². The number of halogens is 7. The summed E-state index contributed by atoms with van der Waals surface area (Å²) in [5.74, 6) is 5.23. The van der Waals surface area contributed by atoms with Crippen LogP contribution in [-0.4, -0.2) is 158 Å². The summed E-state index contributed by atoms with van der Waals surface area (Å²) in [6, 6.07) is 42.1. The molecule has 6 saturated heterocycles. The van der Waals surface area contributed by atoms with Gasteiger partial charge in [0.15, 0.2) is 5.15 Å². The fourth-order valence-corrected chi connectivity index (χ4v) is 20.1. The third-order valence-electron chi connectivity index (χ3n) is 23.3. The van der Waals surface area contributed by atoms with Crippen molar-refractivity contribution < 1.29 is 64.2 Å². The second kappa shape index (κ2) is 44.3. The average Bonchev–Trinajstić information content (AvgIpc) is 1.70. The van der Waals surface area contributed by atoms with Crippen LogP contribution in [-0.2, 0) is 42.1 Å². The zero-order valence-electron chi connectivity index (χ0n) is 75.8. The molecule has 0 spiro atoms. The van der Waals surface area contributed by atoms with Crippen molar-refractivity contribution in [3.8, 4) is 22.5 Å². The molecule has 22 rings (SSSR count). The number of para-hydroxylation sites is 5. The first-order chi connectivity index (χ1) is 62.3. The Morgan fingerprint density at radius 1 is 0.427 bits per heavy atom. The molecular weight excluding hydrogens is 2060 g/mol. The Labute approximate surface area is 830 Å². The molecule has 687 valence electrons. The molecule has 0 amide bonds. The van der Waals surface area contributed by atoms with Crippen LogP contribution in [0.1, 0.15) is 125 Å². The molecule has 0 atom stereocenters. The van der Waals surface area contributed by atoms with Gasteiger partial charge in [0, 0.05) is 87.9 Å². The number of aromatic nitrogens is 6. The molecule has 1 N–H and O–H groups in total. The fraction of sp³-hybridized carbons (Fsp3) is 0.376. The van der Waals surface area contributed by atoms with E-state index < -0.39 is 14.0 Å². The van der Waals surface area contributed by atoms with Crippen molar-refractivity contribution in [2.24, 2.45) is 4.30 Å². The number of hydrogen-bond donors (Lipinski definition) is 2. The molecule has 1 radical (unpaired) electrons. The quantitative estimate of drug-likeness (QED) is 0.0703. The third-order valence-corrected chi connectivity index (χ3v) is 30.7. The molecule has 17 heterocycles. The maximum atomic E-state index is 6.12. The Morgan fingerprint density at radius 2 is 0.802 bits per heavy atom. The molecule has 23 nitrogen and oxygen atoms in total. The van der Waals surface area contributed by atoms with E-state index in [2.05, 4.69) is 158 Å². The first-order valence-corrected chi connectivity index (χ1v) is 49.8. The van der Waals surface area contributed by atoms with E-state index in [1.165, 1.54) is 29.6 Å². The van der Waals surface area contributed by atoms with Crippen molar-refractivity contribution >= 4 is 271 Å². The van der Waals surface area contributed by atoms with Gasteiger partial charge in [-0.1, -0.05) is 96.5 Å². The van der Waals surface area contributed by atoms with Gasteiger partial charge in [0.05, 0.1) is 115 Å². The first kappa shape index (κ1) is 102. The van der Waals surface area contributed by atoms with Gasteiger partial charge in [0.25, 0.3) is 0 Å². The summed E-state index contributed by atoms with van der Waals surface area (Å²) in [7, 11) is 3.02. The Bertz CT molecular complexity index is 6500. The molecule has 6 fully saturated rings. The Balaban J connectivity index is 0.000000129. The molecule has 6 aliphatic rings. The van der Waals surface area contributed by atoms with Gasteiger partial charge in [0.2, 0.25) is 16.5 Å². The van der Waals surface area contributed by atoms with Crippen LogP contribution in [0, 0.1) is 34.6 Å². The molecule has 0 bridgehead atoms. The summed E-state index contributed by atoms with van der Waals surface area (Å²) in [5, 5.41) is 15.5. The second-order valence-electron chi connectivity index (χ2n) is 34.0. The van der Waals surface area contributed by atoms with E-state index in [1.54, 1.807) is 22.7 Å². The van der Waals surface area contributed by atoms with Gasteiger partial charge >= 0.3 is 45.9 Å². The number of thiol groups is 1. The fourth-order valence-electron chi connectivity index (χ4n) is 14.5. The predicted molar refractivity (Wildman–Crippen MR) is 553 cm³/mol. The second-order valence-corrected chi connectivity index (χ2v) is 41.3. The third kappa shape index (κ3) is 24.0. The summed E-state index contributed by atoms with van der Waals surface area (Å²) in [5.41, 5.74) is 9.78. The van der Waals surface area contributed by atoms with E-state index in [4.69, 9.17) is 109 Å². The number of benzene rings is 5. The Hall–Kier alpha value is -6.48. The number of ether oxygens (including phenoxy) is 3. The monoisotopic (exact) mass is 2160 g/mol. The molecule has 11 aromatic heterocycles. The number of hydrogen-bond acceptors (Lipinski definition) is 27. The number of nitrogens with zero attached hydrogens (tertiary/aromatic N) is 8. The number of aryl methyl sites for hydroxylation is 5. The molecule has 5 aromatic carbocycles. The normalized spacial score (nSPS) is 17.2. The zero-order valence-corrected chi connectivity index (χ0v) is 87.7. The van der Waals surface area contributed by atoms with E-state index in [0.29, 0.717) is 18.4 Å². The van der Waals surface area contributed by atoms with Gasteiger partial charge in [-0.2, -0.15) is 0 Å². The molecule has 0 saturated carbocycles. The van der Waals surface area contributed by atoms with Gasteiger partial charge in [-0.3, -0.25) is 0 Å². The van der Waals surface area contributed by atoms with Crippen LogP contribution in [0.3, 0.4) is 0 Å². The van der Waals surface area contributed by atoms with E-state index in [1.807, 2.05) is 222 Å². The van der Waals surface area contributed by atoms with Crippen LogP contribution in [0.2, 0.25) is 15.7 Å². The van der Waals surface area contributed by atoms with Gasteiger partial charge < -0.3 is 74.4 Å². The zero-order chi connectivity index (χ0) is 94.1. The number of nitrogens with one attached hydrogen (secondary N) is 1. The Morgan fingerprint density at radius 3 is 1.25 bits per heavy atom. The maximum absolute atomic E-state index is 6.12. The van der Waals surface area contributed by atoms with Gasteiger partial charge in [0.1, 0.15) is 73.3 Å². The Kier molecular flexibility index (Phi) is 34.5. The summed E-state index contributed by atoms with van der Waals surface area (Å²) >= 11 is 39.4. The molecule has 16 aromatic rings. The van der Waals surface area contributed by atoms with Crippen molar-refractivity contribution in [2.45, 2.75) is 164 Å². The van der Waals surface area contributed by atoms with Crippen molar-refractivity contribution in [2.75, 3.05) is 70.7 Å². The SMILES string of the molecule is C1CCOC1.C1COCCN1.CC1(C)OB(B2OC(C)(C)C(C)(C)O2)OC1(C)C.Cc1cc2ccccc2o1.Cc1oc2ccccc2c1-c1nc(Cl)nc2c(Br)csc12.Cc1oc2ccccc2c1-c1nc(N2CCOCC2)nc2c(Br)csc12.Cc1oc2ccccc2c1B1OC(C)(C)C(C)(C)O1.Cc1oc2ccccc2c1Br.Clc1nc(Cl)c2scc(Br)c2n1.[B]=NS. The van der Waals surface area contributed by atoms with E-state index in [9.17, 15) is 0 Å². The van der Waals surface area contributed by atoms with Crippen LogP contribution in [0.25, 0.3) is 108 Å². The van der Waals surface area contributed by atoms with Gasteiger partial charge in [-0.05, 0) is 260 Å². The number of thiophene rings is 3. The number of rotatable bonds is 5. The molecule has 0 unspecified atom stereocenters. The van der Waals surface area contributed by atoms with Crippen molar-refractivity contribution in [1.82, 2.24) is 35.2 Å². The van der Waals surface area contributed by atoms with E-state index in [0.717, 1.165) is 213 Å². The van der Waals surface area contributed by atoms with Crippen molar-refractivity contribution in [3.63, 3.8) is 0 Å². The molecule has 131 heavy (non-hydrogen) atoms. The van der Waals surface area contributed by atoms with Gasteiger partial charge in [-0.25, -0.2) is 29.9 Å². The summed E-state index contributed by atoms with van der Waals surface area (Å²) < 4.78 is 89.5. The molecule has 6 aliphatic heterocycles. The summed E-state index contributed by atoms with van der Waals surface area (Å²) in [6.45, 7) is 43.1. The topological polar surface area (TPSA) is 254 Å². The number of fused-ring (bicyclic) bond motifs is 8. The van der Waals surface area contributed by atoms with Crippen molar-refractivity contribution in [3.05, 3.63) is 206 Å². The van der Waals surface area contributed by atoms with Gasteiger partial charge in [-0.15, -0.1) is 34.0 Å². The predicted octanol–water partition coefficient (Wildman–Crippen LogP) is 26.7. The minimum absolute atomic E-state index is 0.173. The van der Waals surface area contributed by atoms with Crippen LogP contribution in [0.4, 0.5) is 5.95 Å². The average molecular weight is 2170 g/mol. The number of furan rings is 5. The summed E-state index contributed by atoms with van der Waals surface area (Å²) in [4.78, 5) is 28.6. The first-order valence-electron chi connectivity index (χ1n) is 42.5. The number of anilines is 1. The summed E-state index contributed by atoms with van der Waals surface area (Å²) in [6.07, 6.45) is 2.56. The van der Waals surface area contributed by atoms with Crippen LogP contribution in [0.5, 0.6) is 0 Å². The molecular formula is C93H101B4Br4Cl3N9O14S4. The van der Waals surface area contributed by atoms with Crippen LogP contribution in [0.15, 0.2) is 188 Å². The minimum atomic E-state index is -0.476. The standard InChI is InChI=1S/C19H16BrN3O2S.C15H19BO3.C15H8BrClN2OS.C12H24B2O4.C9H7BrO.C9H8O.C6HBrCl2N2S.C4H9NO.C4H8O.BHNS/c1-11-15(12-4-2-3-5-14(12)25-11)17-18-16(13(20)10-26-18)21-19(22-17)23-6-8-24-9-7-23;1-10-13(11-8-6-7-9-12(11)17-10)16-18-14(2,3)15(4,5)19-16;1-7-11(8-4-2-3-5-10(8)20-7)13-14-12(9(16)6-21-14)18-15(17)19-13;1-9(2)10(3,4)16-13(15-9)14-17-11(5,6)12(7,8)18-14;1-6-9(10)7-4-2-3-5-8(7)11-6;1-7-6-8-4-2-3-5-9(8)10-7;7-2-1-12-4-3(2)10-6(9)11-5(4)8;1-3-6-4-2-5-1;1-2-4-5-3-1;1-2-3/h2-5,10H,6-9H2,1H3;6-9H,1-5H3;2-6H,1H3;1-8H3;2-5H,1H3;2-6H,1H3;1H;5H,1-4H2;1-4H2;3H. The molecule has 38 heteroatoms. The molecule has 0 aliphatic carbocycles. The number of morpholine rings is 2. The van der Waals surface area contributed by atoms with Crippen molar-refractivity contribution in [1.29, 1.82) is 0 Å². The van der Waals surface area contributed by atoms with Crippen LogP contribution >= 0.6 is 145 Å². The van der Waals surface area contributed by atoms with E-state index >= 15 is 0 Å². The van der Waals surface area contributed by atoms with E-state index in [-0.39, 0.29) is 51.3 Å².